The van der Waals surface area contributed by atoms with Crippen molar-refractivity contribution in [3.63, 3.8) is 0 Å². The van der Waals surface area contributed by atoms with Crippen molar-refractivity contribution in [1.82, 2.24) is 14.8 Å². The third-order valence-electron chi connectivity index (χ3n) is 5.35. The maximum atomic E-state index is 12.7. The Balaban J connectivity index is 1.74. The summed E-state index contributed by atoms with van der Waals surface area (Å²) < 4.78 is 0. The van der Waals surface area contributed by atoms with E-state index in [0.717, 1.165) is 19.4 Å². The number of carbonyl (C=O) groups is 1. The first-order valence-corrected chi connectivity index (χ1v) is 8.60. The van der Waals surface area contributed by atoms with Gasteiger partial charge in [-0.2, -0.15) is 0 Å². The number of carbonyl (C=O) groups excluding carboxylic acids is 1. The molecule has 22 heavy (non-hydrogen) atoms. The van der Waals surface area contributed by atoms with Crippen molar-refractivity contribution in [2.45, 2.75) is 57.0 Å². The van der Waals surface area contributed by atoms with Gasteiger partial charge in [0.1, 0.15) is 5.69 Å². The van der Waals surface area contributed by atoms with Crippen LogP contribution in [0, 0.1) is 0 Å². The van der Waals surface area contributed by atoms with E-state index in [-0.39, 0.29) is 5.91 Å². The Morgan fingerprint density at radius 2 is 2.00 bits per heavy atom. The monoisotopic (exact) mass is 301 g/mol. The first kappa shape index (κ1) is 15.5. The molecule has 1 unspecified atom stereocenters. The molecule has 120 valence electrons. The summed E-state index contributed by atoms with van der Waals surface area (Å²) in [6, 6.07) is 4.90. The molecule has 1 amide bonds. The van der Waals surface area contributed by atoms with E-state index in [1.165, 1.54) is 37.7 Å². The van der Waals surface area contributed by atoms with Gasteiger partial charge in [0.15, 0.2) is 0 Å². The van der Waals surface area contributed by atoms with Gasteiger partial charge in [-0.1, -0.05) is 19.3 Å². The van der Waals surface area contributed by atoms with E-state index in [9.17, 15) is 4.79 Å². The Bertz CT molecular complexity index is 525. The highest BCUT2D eigenvalue weighted by Gasteiger charge is 2.26. The quantitative estimate of drug-likeness (QED) is 0.860. The fourth-order valence-electron chi connectivity index (χ4n) is 3.92. The Hall–Kier alpha value is -1.42. The van der Waals surface area contributed by atoms with Crippen LogP contribution in [0.15, 0.2) is 18.3 Å². The van der Waals surface area contributed by atoms with Gasteiger partial charge in [-0.05, 0) is 57.0 Å². The van der Waals surface area contributed by atoms with Crippen LogP contribution in [0.4, 0.5) is 0 Å². The summed E-state index contributed by atoms with van der Waals surface area (Å²) in [4.78, 5) is 21.4. The molecule has 0 spiro atoms. The van der Waals surface area contributed by atoms with Crippen molar-refractivity contribution in [2.75, 3.05) is 20.6 Å². The van der Waals surface area contributed by atoms with Gasteiger partial charge in [0.25, 0.3) is 5.91 Å². The smallest absolute Gasteiger partial charge is 0.272 e. The van der Waals surface area contributed by atoms with Crippen LogP contribution < -0.4 is 0 Å². The van der Waals surface area contributed by atoms with E-state index < -0.39 is 0 Å². The molecule has 0 N–H and O–H groups in total. The van der Waals surface area contributed by atoms with E-state index in [4.69, 9.17) is 0 Å². The molecule has 1 aromatic heterocycles. The van der Waals surface area contributed by atoms with Crippen LogP contribution in [0.25, 0.3) is 0 Å². The van der Waals surface area contributed by atoms with Gasteiger partial charge in [-0.25, -0.2) is 0 Å². The number of hydrogen-bond donors (Lipinski definition) is 0. The van der Waals surface area contributed by atoms with E-state index in [2.05, 4.69) is 23.0 Å². The molecule has 3 rings (SSSR count). The van der Waals surface area contributed by atoms with Crippen LogP contribution >= 0.6 is 0 Å². The molecule has 0 bridgehead atoms. The molecule has 1 atom stereocenters. The molecule has 2 heterocycles. The maximum absolute atomic E-state index is 12.7. The fraction of sp³-hybridized carbons (Fsp3) is 0.667. The normalized spacial score (nSPS) is 23.6. The summed E-state index contributed by atoms with van der Waals surface area (Å²) in [6.45, 7) is 1.14. The van der Waals surface area contributed by atoms with Crippen LogP contribution in [-0.2, 0) is 0 Å². The fourth-order valence-corrected chi connectivity index (χ4v) is 3.92. The summed E-state index contributed by atoms with van der Waals surface area (Å²) in [6.07, 6.45) is 10.2. The number of nitrogens with zero attached hydrogens (tertiary/aromatic N) is 3. The first-order chi connectivity index (χ1) is 10.7. The van der Waals surface area contributed by atoms with Crippen molar-refractivity contribution in [1.29, 1.82) is 0 Å². The molecule has 1 aliphatic heterocycles. The van der Waals surface area contributed by atoms with E-state index in [1.54, 1.807) is 6.20 Å². The summed E-state index contributed by atoms with van der Waals surface area (Å²) in [7, 11) is 4.10. The minimum atomic E-state index is 0.0781. The third-order valence-corrected chi connectivity index (χ3v) is 5.35. The Morgan fingerprint density at radius 1 is 1.23 bits per heavy atom. The zero-order chi connectivity index (χ0) is 15.5. The number of amides is 1. The highest BCUT2D eigenvalue weighted by molar-refractivity contribution is 5.92. The molecule has 0 radical (unpaired) electrons. The van der Waals surface area contributed by atoms with Crippen LogP contribution in [0.2, 0.25) is 0 Å². The predicted octanol–water partition coefficient (Wildman–Crippen LogP) is 3.25. The average Bonchev–Trinajstić information content (AvgIpc) is 3.00. The number of likely N-dealkylation sites (tertiary alicyclic amines) is 1. The number of pyridine rings is 1. The van der Waals surface area contributed by atoms with E-state index in [1.807, 2.05) is 18.0 Å². The summed E-state index contributed by atoms with van der Waals surface area (Å²) in [5.74, 6) is 0.0781. The van der Waals surface area contributed by atoms with Gasteiger partial charge in [0.2, 0.25) is 0 Å². The van der Waals surface area contributed by atoms with Crippen molar-refractivity contribution in [2.24, 2.45) is 0 Å². The second-order valence-corrected chi connectivity index (χ2v) is 6.82. The number of hydrogen-bond acceptors (Lipinski definition) is 3. The largest absolute Gasteiger partial charge is 0.337 e. The van der Waals surface area contributed by atoms with Gasteiger partial charge in [0.05, 0.1) is 0 Å². The number of rotatable bonds is 3. The standard InChI is InChI=1S/C18H27N3O/c1-20-12-6-9-17(20)14-10-11-19-16(13-14)18(22)21(2)15-7-4-3-5-8-15/h10-11,13,15,17H,3-9,12H2,1-2H3. The molecule has 1 aliphatic carbocycles. The van der Waals surface area contributed by atoms with Gasteiger partial charge in [-0.15, -0.1) is 0 Å². The Kier molecular flexibility index (Phi) is 4.77. The summed E-state index contributed by atoms with van der Waals surface area (Å²) in [5.41, 5.74) is 1.83. The van der Waals surface area contributed by atoms with Gasteiger partial charge >= 0.3 is 0 Å². The average molecular weight is 301 g/mol. The number of aromatic nitrogens is 1. The second kappa shape index (κ2) is 6.78. The van der Waals surface area contributed by atoms with Gasteiger partial charge in [-0.3, -0.25) is 14.7 Å². The molecule has 1 aromatic rings. The lowest BCUT2D eigenvalue weighted by atomic mass is 9.94. The molecule has 2 fully saturated rings. The zero-order valence-corrected chi connectivity index (χ0v) is 13.8. The second-order valence-electron chi connectivity index (χ2n) is 6.82. The first-order valence-electron chi connectivity index (χ1n) is 8.60. The minimum absolute atomic E-state index is 0.0781. The molecule has 2 aliphatic rings. The van der Waals surface area contributed by atoms with Crippen LogP contribution in [0.3, 0.4) is 0 Å². The lowest BCUT2D eigenvalue weighted by molar-refractivity contribution is 0.0690. The Morgan fingerprint density at radius 3 is 2.68 bits per heavy atom. The van der Waals surface area contributed by atoms with Crippen molar-refractivity contribution in [3.05, 3.63) is 29.6 Å². The molecular weight excluding hydrogens is 274 g/mol. The minimum Gasteiger partial charge on any atom is -0.337 e. The van der Waals surface area contributed by atoms with Crippen LogP contribution in [-0.4, -0.2) is 47.4 Å². The SMILES string of the molecule is CN1CCCC1c1ccnc(C(=O)N(C)C2CCCCC2)c1. The van der Waals surface area contributed by atoms with Crippen molar-refractivity contribution in [3.8, 4) is 0 Å². The van der Waals surface area contributed by atoms with E-state index >= 15 is 0 Å². The van der Waals surface area contributed by atoms with Crippen LogP contribution in [0.1, 0.15) is 67.0 Å². The topological polar surface area (TPSA) is 36.4 Å². The van der Waals surface area contributed by atoms with Gasteiger partial charge < -0.3 is 4.90 Å². The highest BCUT2D eigenvalue weighted by atomic mass is 16.2. The molecular formula is C18H27N3O. The summed E-state index contributed by atoms with van der Waals surface area (Å²) >= 11 is 0. The molecule has 1 saturated heterocycles. The lowest BCUT2D eigenvalue weighted by Gasteiger charge is -2.31. The zero-order valence-electron chi connectivity index (χ0n) is 13.8. The van der Waals surface area contributed by atoms with Crippen molar-refractivity contribution >= 4 is 5.91 Å². The van der Waals surface area contributed by atoms with Gasteiger partial charge in [0, 0.05) is 25.3 Å². The van der Waals surface area contributed by atoms with Crippen LogP contribution in [0.5, 0.6) is 0 Å². The summed E-state index contributed by atoms with van der Waals surface area (Å²) in [5, 5.41) is 0. The lowest BCUT2D eigenvalue weighted by Crippen LogP contribution is -2.38. The predicted molar refractivity (Wildman–Crippen MR) is 87.8 cm³/mol. The molecule has 4 heteroatoms. The molecule has 0 aromatic carbocycles. The van der Waals surface area contributed by atoms with Crippen molar-refractivity contribution < 1.29 is 4.79 Å². The maximum Gasteiger partial charge on any atom is 0.272 e. The molecule has 1 saturated carbocycles. The molecule has 4 nitrogen and oxygen atoms in total. The Labute approximate surface area is 133 Å². The van der Waals surface area contributed by atoms with E-state index in [0.29, 0.717) is 17.8 Å². The highest BCUT2D eigenvalue weighted by Crippen LogP contribution is 2.30. The third kappa shape index (κ3) is 3.17.